The summed E-state index contributed by atoms with van der Waals surface area (Å²) in [5.74, 6) is 2.45. The van der Waals surface area contributed by atoms with Gasteiger partial charge in [0.2, 0.25) is 0 Å². The summed E-state index contributed by atoms with van der Waals surface area (Å²) in [5.41, 5.74) is 3.27. The summed E-state index contributed by atoms with van der Waals surface area (Å²) in [4.78, 5) is 0. The van der Waals surface area contributed by atoms with Crippen LogP contribution in [0.2, 0.25) is 0 Å². The van der Waals surface area contributed by atoms with E-state index in [4.69, 9.17) is 14.2 Å². The highest BCUT2D eigenvalue weighted by Gasteiger charge is 2.13. The number of hydrogen-bond acceptors (Lipinski definition) is 4. The molecule has 0 saturated heterocycles. The molecule has 0 spiro atoms. The number of methoxy groups -OCH3 is 1. The number of nitrogens with one attached hydrogen (secondary N) is 1. The molecule has 0 amide bonds. The van der Waals surface area contributed by atoms with Crippen molar-refractivity contribution >= 4 is 5.69 Å². The molecule has 0 unspecified atom stereocenters. The van der Waals surface area contributed by atoms with Gasteiger partial charge in [-0.3, -0.25) is 0 Å². The quantitative estimate of drug-likeness (QED) is 0.628. The van der Waals surface area contributed by atoms with E-state index in [-0.39, 0.29) is 0 Å². The molecule has 0 aromatic heterocycles. The van der Waals surface area contributed by atoms with E-state index in [1.807, 2.05) is 50.3 Å². The molecular weight excluding hydrogens is 314 g/mol. The van der Waals surface area contributed by atoms with Crippen LogP contribution in [0.25, 0.3) is 0 Å². The van der Waals surface area contributed by atoms with Crippen LogP contribution in [0, 0.1) is 0 Å². The highest BCUT2D eigenvalue weighted by molar-refractivity contribution is 5.52. The molecule has 2 aromatic carbocycles. The molecule has 0 heterocycles. The van der Waals surface area contributed by atoms with Crippen LogP contribution in [0.15, 0.2) is 49.1 Å². The maximum atomic E-state index is 5.81. The Labute approximate surface area is 150 Å². The molecule has 0 radical (unpaired) electrons. The summed E-state index contributed by atoms with van der Waals surface area (Å²) in [7, 11) is 1.67. The largest absolute Gasteiger partial charge is 0.497 e. The first-order valence-corrected chi connectivity index (χ1v) is 8.62. The highest BCUT2D eigenvalue weighted by atomic mass is 16.5. The number of rotatable bonds is 10. The van der Waals surface area contributed by atoms with Crippen molar-refractivity contribution in [1.29, 1.82) is 0 Å². The van der Waals surface area contributed by atoms with Crippen molar-refractivity contribution < 1.29 is 14.2 Å². The zero-order valence-corrected chi connectivity index (χ0v) is 15.3. The maximum Gasteiger partial charge on any atom is 0.164 e. The van der Waals surface area contributed by atoms with Crippen LogP contribution in [0.3, 0.4) is 0 Å². The third kappa shape index (κ3) is 5.18. The lowest BCUT2D eigenvalue weighted by molar-refractivity contribution is 0.285. The van der Waals surface area contributed by atoms with E-state index in [0.717, 1.165) is 40.5 Å². The first-order chi connectivity index (χ1) is 12.2. The first-order valence-electron chi connectivity index (χ1n) is 8.62. The summed E-state index contributed by atoms with van der Waals surface area (Å²) < 4.78 is 16.8. The average Bonchev–Trinajstić information content (AvgIpc) is 2.63. The molecule has 0 saturated carbocycles. The molecule has 2 aromatic rings. The lowest BCUT2D eigenvalue weighted by Crippen LogP contribution is -2.05. The monoisotopic (exact) mass is 341 g/mol. The molecule has 4 heteroatoms. The van der Waals surface area contributed by atoms with Crippen molar-refractivity contribution in [3.8, 4) is 17.2 Å². The van der Waals surface area contributed by atoms with E-state index in [0.29, 0.717) is 19.8 Å². The van der Waals surface area contributed by atoms with Gasteiger partial charge in [0.05, 0.1) is 20.3 Å². The zero-order valence-electron chi connectivity index (χ0n) is 15.3. The van der Waals surface area contributed by atoms with Crippen molar-refractivity contribution in [2.24, 2.45) is 0 Å². The fourth-order valence-corrected chi connectivity index (χ4v) is 2.62. The Morgan fingerprint density at radius 2 is 1.76 bits per heavy atom. The highest BCUT2D eigenvalue weighted by Crippen LogP contribution is 2.34. The van der Waals surface area contributed by atoms with Gasteiger partial charge in [0.25, 0.3) is 0 Å². The Morgan fingerprint density at radius 1 is 1.04 bits per heavy atom. The minimum Gasteiger partial charge on any atom is -0.497 e. The second-order valence-electron chi connectivity index (χ2n) is 5.52. The molecule has 0 aliphatic rings. The van der Waals surface area contributed by atoms with Gasteiger partial charge in [-0.05, 0) is 62.2 Å². The summed E-state index contributed by atoms with van der Waals surface area (Å²) in [6.45, 7) is 9.71. The van der Waals surface area contributed by atoms with Gasteiger partial charge < -0.3 is 19.5 Å². The number of benzene rings is 2. The standard InChI is InChI=1S/C21H27NO3/c1-5-8-17-13-16(14-20(24-6-2)21(17)25-7-3)15-22-18-9-11-19(23-4)12-10-18/h5,9-14,22H,1,6-8,15H2,2-4H3. The minimum atomic E-state index is 0.600. The Balaban J connectivity index is 2.21. The first kappa shape index (κ1) is 18.7. The molecule has 4 nitrogen and oxygen atoms in total. The number of hydrogen-bond donors (Lipinski definition) is 1. The smallest absolute Gasteiger partial charge is 0.164 e. The summed E-state index contributed by atoms with van der Waals surface area (Å²) in [5, 5.41) is 3.42. The summed E-state index contributed by atoms with van der Waals surface area (Å²) >= 11 is 0. The number of ether oxygens (including phenoxy) is 3. The molecule has 0 aliphatic heterocycles. The normalized spacial score (nSPS) is 10.2. The number of anilines is 1. The fourth-order valence-electron chi connectivity index (χ4n) is 2.62. The fraction of sp³-hybridized carbons (Fsp3) is 0.333. The van der Waals surface area contributed by atoms with Crippen LogP contribution in [0.4, 0.5) is 5.69 Å². The summed E-state index contributed by atoms with van der Waals surface area (Å²) in [6, 6.07) is 12.1. The van der Waals surface area contributed by atoms with Crippen LogP contribution in [0.1, 0.15) is 25.0 Å². The van der Waals surface area contributed by atoms with Crippen LogP contribution in [-0.2, 0) is 13.0 Å². The van der Waals surface area contributed by atoms with Gasteiger partial charge in [0, 0.05) is 17.8 Å². The van der Waals surface area contributed by atoms with Gasteiger partial charge in [0.1, 0.15) is 5.75 Å². The van der Waals surface area contributed by atoms with Gasteiger partial charge in [-0.15, -0.1) is 6.58 Å². The Bertz CT molecular complexity index is 680. The predicted octanol–water partition coefficient (Wildman–Crippen LogP) is 4.83. The molecule has 0 atom stereocenters. The molecule has 0 fully saturated rings. The lowest BCUT2D eigenvalue weighted by atomic mass is 10.1. The van der Waals surface area contributed by atoms with Crippen LogP contribution < -0.4 is 19.5 Å². The molecule has 0 bridgehead atoms. The number of allylic oxidation sites excluding steroid dienone is 1. The van der Waals surface area contributed by atoms with Gasteiger partial charge in [0.15, 0.2) is 11.5 Å². The van der Waals surface area contributed by atoms with Crippen molar-refractivity contribution in [3.63, 3.8) is 0 Å². The minimum absolute atomic E-state index is 0.600. The van der Waals surface area contributed by atoms with Crippen molar-refractivity contribution in [2.75, 3.05) is 25.6 Å². The molecule has 2 rings (SSSR count). The maximum absolute atomic E-state index is 5.81. The summed E-state index contributed by atoms with van der Waals surface area (Å²) in [6.07, 6.45) is 2.63. The lowest BCUT2D eigenvalue weighted by Gasteiger charge is -2.17. The van der Waals surface area contributed by atoms with E-state index >= 15 is 0 Å². The Kier molecular flexibility index (Phi) is 7.20. The SMILES string of the molecule is C=CCc1cc(CNc2ccc(OC)cc2)cc(OCC)c1OCC. The second kappa shape index (κ2) is 9.62. The van der Waals surface area contributed by atoms with Crippen molar-refractivity contribution in [1.82, 2.24) is 0 Å². The van der Waals surface area contributed by atoms with Gasteiger partial charge in [-0.25, -0.2) is 0 Å². The van der Waals surface area contributed by atoms with Crippen LogP contribution in [0.5, 0.6) is 17.2 Å². The third-order valence-electron chi connectivity index (χ3n) is 3.73. The topological polar surface area (TPSA) is 39.7 Å². The van der Waals surface area contributed by atoms with Gasteiger partial charge >= 0.3 is 0 Å². The second-order valence-corrected chi connectivity index (χ2v) is 5.52. The predicted molar refractivity (Wildman–Crippen MR) is 103 cm³/mol. The molecule has 0 aliphatic carbocycles. The van der Waals surface area contributed by atoms with Crippen LogP contribution >= 0.6 is 0 Å². The van der Waals surface area contributed by atoms with E-state index in [9.17, 15) is 0 Å². The van der Waals surface area contributed by atoms with Crippen LogP contribution in [-0.4, -0.2) is 20.3 Å². The molecule has 25 heavy (non-hydrogen) atoms. The zero-order chi connectivity index (χ0) is 18.1. The molecule has 134 valence electrons. The van der Waals surface area contributed by atoms with Gasteiger partial charge in [-0.1, -0.05) is 6.08 Å². The van der Waals surface area contributed by atoms with E-state index < -0.39 is 0 Å². The Hall–Kier alpha value is -2.62. The average molecular weight is 341 g/mol. The third-order valence-corrected chi connectivity index (χ3v) is 3.73. The van der Waals surface area contributed by atoms with E-state index in [1.165, 1.54) is 0 Å². The Morgan fingerprint density at radius 3 is 2.36 bits per heavy atom. The van der Waals surface area contributed by atoms with E-state index in [1.54, 1.807) is 7.11 Å². The van der Waals surface area contributed by atoms with Gasteiger partial charge in [-0.2, -0.15) is 0 Å². The molecular formula is C21H27NO3. The molecule has 1 N–H and O–H groups in total. The van der Waals surface area contributed by atoms with E-state index in [2.05, 4.69) is 18.0 Å². The van der Waals surface area contributed by atoms with Crippen molar-refractivity contribution in [2.45, 2.75) is 26.8 Å². The van der Waals surface area contributed by atoms with Crippen molar-refractivity contribution in [3.05, 3.63) is 60.2 Å².